The van der Waals surface area contributed by atoms with Crippen molar-refractivity contribution in [1.82, 2.24) is 0 Å². The Morgan fingerprint density at radius 1 is 0.500 bits per heavy atom. The third-order valence-corrected chi connectivity index (χ3v) is 5.60. The third-order valence-electron chi connectivity index (χ3n) is 5.60. The van der Waals surface area contributed by atoms with Crippen molar-refractivity contribution in [2.75, 3.05) is 0 Å². The zero-order valence-electron chi connectivity index (χ0n) is 16.4. The van der Waals surface area contributed by atoms with Gasteiger partial charge in [-0.05, 0) is 50.7 Å². The van der Waals surface area contributed by atoms with Gasteiger partial charge in [0.15, 0.2) is 24.8 Å². The Morgan fingerprint density at radius 3 is 1.42 bits per heavy atom. The molecule has 4 bridgehead atoms. The predicted octanol–water partition coefficient (Wildman–Crippen LogP) is 4.96. The van der Waals surface area contributed by atoms with E-state index in [0.717, 1.165) is 0 Å². The Kier molecular flexibility index (Phi) is 8.15. The molecule has 26 heavy (non-hydrogen) atoms. The van der Waals surface area contributed by atoms with Gasteiger partial charge in [-0.2, -0.15) is 0 Å². The van der Waals surface area contributed by atoms with E-state index in [4.69, 9.17) is 0 Å². The smallest absolute Gasteiger partial charge is 0.171 e. The van der Waals surface area contributed by atoms with Gasteiger partial charge in [-0.25, -0.2) is 9.13 Å². The lowest BCUT2D eigenvalue weighted by atomic mass is 10.0. The molecule has 2 nitrogen and oxygen atoms in total. The van der Waals surface area contributed by atoms with Crippen LogP contribution in [0.1, 0.15) is 75.3 Å². The third kappa shape index (κ3) is 6.90. The van der Waals surface area contributed by atoms with Crippen LogP contribution in [0.15, 0.2) is 49.1 Å². The highest BCUT2D eigenvalue weighted by molar-refractivity contribution is 5.06. The summed E-state index contributed by atoms with van der Waals surface area (Å²) in [5.74, 6) is 0. The van der Waals surface area contributed by atoms with E-state index >= 15 is 0 Å². The van der Waals surface area contributed by atoms with E-state index < -0.39 is 0 Å². The van der Waals surface area contributed by atoms with E-state index in [9.17, 15) is 0 Å². The molecule has 0 amide bonds. The molecule has 0 unspecified atom stereocenters. The molecule has 2 aromatic rings. The van der Waals surface area contributed by atoms with E-state index in [-0.39, 0.29) is 0 Å². The number of nitrogens with zero attached hydrogens (tertiary/aromatic N) is 2. The Morgan fingerprint density at radius 2 is 0.923 bits per heavy atom. The van der Waals surface area contributed by atoms with Crippen LogP contribution in [0.4, 0.5) is 0 Å². The molecule has 3 rings (SSSR count). The fourth-order valence-electron chi connectivity index (χ4n) is 4.03. The van der Waals surface area contributed by atoms with E-state index in [1.807, 2.05) is 0 Å². The van der Waals surface area contributed by atoms with Crippen LogP contribution in [-0.2, 0) is 25.9 Å². The van der Waals surface area contributed by atoms with Gasteiger partial charge in [-0.15, -0.1) is 0 Å². The van der Waals surface area contributed by atoms with Crippen LogP contribution in [0.5, 0.6) is 0 Å². The number of aromatic nitrogens is 2. The minimum absolute atomic E-state index is 1.18. The van der Waals surface area contributed by atoms with Crippen LogP contribution in [0, 0.1) is 0 Å². The SMILES string of the molecule is c1cc2c[n+](c1)CCCCCCCC[n+]1cccc(c1)CCCCCC2. The second kappa shape index (κ2) is 11.1. The summed E-state index contributed by atoms with van der Waals surface area (Å²) in [5.41, 5.74) is 3.01. The maximum atomic E-state index is 2.40. The average Bonchev–Trinajstić information content (AvgIpc) is 2.67. The summed E-state index contributed by atoms with van der Waals surface area (Å²) in [5, 5.41) is 0. The van der Waals surface area contributed by atoms with Crippen molar-refractivity contribution in [3.63, 3.8) is 0 Å². The van der Waals surface area contributed by atoms with Crippen LogP contribution in [0.3, 0.4) is 0 Å². The molecule has 0 aromatic carbocycles. The summed E-state index contributed by atoms with van der Waals surface area (Å²) < 4.78 is 4.80. The Balaban J connectivity index is 1.54. The highest BCUT2D eigenvalue weighted by Crippen LogP contribution is 2.10. The molecule has 0 saturated heterocycles. The van der Waals surface area contributed by atoms with E-state index in [1.54, 1.807) is 0 Å². The molecule has 0 atom stereocenters. The molecule has 3 heterocycles. The molecule has 0 spiro atoms. The molecule has 1 aliphatic heterocycles. The Hall–Kier alpha value is -1.70. The van der Waals surface area contributed by atoms with Crippen LogP contribution >= 0.6 is 0 Å². The van der Waals surface area contributed by atoms with Gasteiger partial charge >= 0.3 is 0 Å². The average molecular weight is 353 g/mol. The summed E-state index contributed by atoms with van der Waals surface area (Å²) in [6, 6.07) is 9.05. The summed E-state index contributed by atoms with van der Waals surface area (Å²) in [6.07, 6.45) is 25.1. The first-order chi connectivity index (χ1) is 12.9. The second-order valence-corrected chi connectivity index (χ2v) is 7.94. The maximum absolute atomic E-state index is 2.40. The molecule has 0 fully saturated rings. The molecular formula is C24H36N2+2. The minimum atomic E-state index is 1.18. The molecule has 0 saturated carbocycles. The van der Waals surface area contributed by atoms with Crippen LogP contribution in [0.2, 0.25) is 0 Å². The van der Waals surface area contributed by atoms with Crippen molar-refractivity contribution in [2.24, 2.45) is 0 Å². The van der Waals surface area contributed by atoms with Crippen LogP contribution in [-0.4, -0.2) is 0 Å². The largest absolute Gasteiger partial charge is 0.205 e. The van der Waals surface area contributed by atoms with E-state index in [0.29, 0.717) is 0 Å². The normalized spacial score (nSPS) is 18.2. The standard InChI is InChI=1S/C24H36N2/c1-2-6-10-18-26-20-12-16-24(22-26)14-8-4-3-7-13-23-15-11-19-25(21-23)17-9-5-1/h11-12,15-16,19-22H,1-10,13-14,17-18H2/q+2. The fraction of sp³-hybridized carbons (Fsp3) is 0.583. The summed E-state index contributed by atoms with van der Waals surface area (Å²) in [7, 11) is 0. The van der Waals surface area contributed by atoms with Crippen molar-refractivity contribution >= 4 is 0 Å². The molecule has 2 heteroatoms. The maximum Gasteiger partial charge on any atom is 0.171 e. The number of hydrogen-bond donors (Lipinski definition) is 0. The zero-order chi connectivity index (χ0) is 17.9. The zero-order valence-corrected chi connectivity index (χ0v) is 16.4. The Labute approximate surface area is 159 Å². The first-order valence-corrected chi connectivity index (χ1v) is 10.9. The molecule has 140 valence electrons. The van der Waals surface area contributed by atoms with Crippen molar-refractivity contribution < 1.29 is 9.13 Å². The van der Waals surface area contributed by atoms with E-state index in [2.05, 4.69) is 58.2 Å². The summed E-state index contributed by atoms with van der Waals surface area (Å²) in [6.45, 7) is 2.35. The molecule has 1 aliphatic rings. The number of hydrogen-bond acceptors (Lipinski definition) is 0. The quantitative estimate of drug-likeness (QED) is 0.592. The van der Waals surface area contributed by atoms with Gasteiger partial charge < -0.3 is 0 Å². The molecule has 0 aliphatic carbocycles. The summed E-state index contributed by atoms with van der Waals surface area (Å²) >= 11 is 0. The van der Waals surface area contributed by atoms with Crippen LogP contribution < -0.4 is 9.13 Å². The van der Waals surface area contributed by atoms with Crippen molar-refractivity contribution in [3.05, 3.63) is 60.2 Å². The summed E-state index contributed by atoms with van der Waals surface area (Å²) in [4.78, 5) is 0. The lowest BCUT2D eigenvalue weighted by Gasteiger charge is -2.05. The lowest BCUT2D eigenvalue weighted by molar-refractivity contribution is -0.698. The topological polar surface area (TPSA) is 7.76 Å². The van der Waals surface area contributed by atoms with Crippen molar-refractivity contribution in [2.45, 2.75) is 90.1 Å². The lowest BCUT2D eigenvalue weighted by Crippen LogP contribution is -2.33. The van der Waals surface area contributed by atoms with Crippen molar-refractivity contribution in [3.8, 4) is 0 Å². The number of rotatable bonds is 0. The molecule has 0 N–H and O–H groups in total. The molecule has 0 radical (unpaired) electrons. The van der Waals surface area contributed by atoms with Gasteiger partial charge in [0.05, 0.1) is 0 Å². The monoisotopic (exact) mass is 352 g/mol. The number of pyridine rings is 2. The minimum Gasteiger partial charge on any atom is -0.205 e. The van der Waals surface area contributed by atoms with Crippen LogP contribution in [0.25, 0.3) is 0 Å². The van der Waals surface area contributed by atoms with Crippen molar-refractivity contribution in [1.29, 1.82) is 0 Å². The highest BCUT2D eigenvalue weighted by atomic mass is 14.9. The molecular weight excluding hydrogens is 316 g/mol. The Bertz CT molecular complexity index is 593. The first kappa shape index (κ1) is 19.1. The van der Waals surface area contributed by atoms with Gasteiger partial charge in [0.25, 0.3) is 0 Å². The predicted molar refractivity (Wildman–Crippen MR) is 107 cm³/mol. The van der Waals surface area contributed by atoms with Gasteiger partial charge in [0, 0.05) is 36.1 Å². The van der Waals surface area contributed by atoms with Gasteiger partial charge in [0.2, 0.25) is 0 Å². The molecule has 2 aromatic heterocycles. The van der Waals surface area contributed by atoms with E-state index in [1.165, 1.54) is 101 Å². The highest BCUT2D eigenvalue weighted by Gasteiger charge is 2.06. The van der Waals surface area contributed by atoms with Gasteiger partial charge in [0.1, 0.15) is 13.1 Å². The first-order valence-electron chi connectivity index (χ1n) is 10.9. The number of aryl methyl sites for hydroxylation is 4. The number of fused-ring (bicyclic) bond motifs is 4. The fourth-order valence-corrected chi connectivity index (χ4v) is 4.03. The van der Waals surface area contributed by atoms with Gasteiger partial charge in [-0.3, -0.25) is 0 Å². The van der Waals surface area contributed by atoms with Gasteiger partial charge in [-0.1, -0.05) is 25.7 Å². The second-order valence-electron chi connectivity index (χ2n) is 7.94.